The summed E-state index contributed by atoms with van der Waals surface area (Å²) in [5, 5.41) is 17.2. The van der Waals surface area contributed by atoms with Gasteiger partial charge in [-0.1, -0.05) is 24.3 Å². The molecule has 4 N–H and O–H groups in total. The monoisotopic (exact) mass is 551 g/mol. The Labute approximate surface area is 231 Å². The number of para-hydroxylation sites is 1. The summed E-state index contributed by atoms with van der Waals surface area (Å²) in [6.07, 6.45) is -0.0667. The second-order valence-corrected chi connectivity index (χ2v) is 9.27. The van der Waals surface area contributed by atoms with Crippen LogP contribution in [0, 0.1) is 13.8 Å². The van der Waals surface area contributed by atoms with Crippen LogP contribution in [0.4, 0.5) is 16.2 Å². The van der Waals surface area contributed by atoms with Crippen molar-refractivity contribution < 1.29 is 33.4 Å². The van der Waals surface area contributed by atoms with Gasteiger partial charge in [-0.25, -0.2) is 14.6 Å². The maximum atomic E-state index is 12.9. The molecule has 0 saturated carbocycles. The van der Waals surface area contributed by atoms with Gasteiger partial charge in [0.1, 0.15) is 17.6 Å². The summed E-state index contributed by atoms with van der Waals surface area (Å²) in [6.45, 7) is 4.93. The SMILES string of the molecule is COc1cc(CC(=O)N(C)Cc2oc(CC(NC(C)=O)C(=O)O)nc2C)ccc1NC(=O)Nc1ccccc1C. The van der Waals surface area contributed by atoms with Gasteiger partial charge in [0.15, 0.2) is 5.89 Å². The van der Waals surface area contributed by atoms with Gasteiger partial charge in [0.05, 0.1) is 37.9 Å². The molecule has 4 amide bonds. The normalized spacial score (nSPS) is 11.3. The van der Waals surface area contributed by atoms with Crippen LogP contribution in [0.15, 0.2) is 46.9 Å². The van der Waals surface area contributed by atoms with Gasteiger partial charge in [-0.3, -0.25) is 9.59 Å². The fraction of sp³-hybridized carbons (Fsp3) is 0.321. The molecule has 40 heavy (non-hydrogen) atoms. The Hall–Kier alpha value is -4.87. The molecule has 3 aromatic rings. The lowest BCUT2D eigenvalue weighted by molar-refractivity contribution is -0.141. The molecule has 12 nitrogen and oxygen atoms in total. The van der Waals surface area contributed by atoms with Gasteiger partial charge in [0, 0.05) is 19.7 Å². The third kappa shape index (κ3) is 8.06. The predicted octanol–water partition coefficient (Wildman–Crippen LogP) is 3.28. The largest absolute Gasteiger partial charge is 0.495 e. The molecule has 0 radical (unpaired) electrons. The number of ether oxygens (including phenoxy) is 1. The molecule has 0 bridgehead atoms. The first-order valence-electron chi connectivity index (χ1n) is 12.5. The number of likely N-dealkylation sites (N-methyl/N-ethyl adjacent to an activating group) is 1. The fourth-order valence-corrected chi connectivity index (χ4v) is 3.89. The number of carbonyl (C=O) groups excluding carboxylic acids is 3. The zero-order valence-electron chi connectivity index (χ0n) is 23.0. The zero-order chi connectivity index (χ0) is 29.4. The molecule has 0 aliphatic rings. The minimum atomic E-state index is -1.21. The number of carboxylic acids is 1. The Balaban J connectivity index is 1.62. The first-order valence-corrected chi connectivity index (χ1v) is 12.5. The Morgan fingerprint density at radius 3 is 2.42 bits per heavy atom. The van der Waals surface area contributed by atoms with Crippen molar-refractivity contribution in [3.05, 3.63) is 70.9 Å². The molecular formula is C28H33N5O7. The number of anilines is 2. The van der Waals surface area contributed by atoms with E-state index in [0.29, 0.717) is 34.1 Å². The van der Waals surface area contributed by atoms with Crippen molar-refractivity contribution in [2.45, 2.75) is 46.2 Å². The van der Waals surface area contributed by atoms with Crippen molar-refractivity contribution in [3.8, 4) is 5.75 Å². The minimum absolute atomic E-state index is 0.0617. The van der Waals surface area contributed by atoms with E-state index in [1.165, 1.54) is 18.9 Å². The van der Waals surface area contributed by atoms with Crippen LogP contribution in [0.3, 0.4) is 0 Å². The highest BCUT2D eigenvalue weighted by atomic mass is 16.5. The van der Waals surface area contributed by atoms with E-state index in [2.05, 4.69) is 20.9 Å². The van der Waals surface area contributed by atoms with E-state index in [4.69, 9.17) is 9.15 Å². The van der Waals surface area contributed by atoms with Gasteiger partial charge >= 0.3 is 12.0 Å². The highest BCUT2D eigenvalue weighted by Crippen LogP contribution is 2.27. The summed E-state index contributed by atoms with van der Waals surface area (Å²) >= 11 is 0. The first kappa shape index (κ1) is 29.7. The van der Waals surface area contributed by atoms with Gasteiger partial charge in [-0.05, 0) is 43.2 Å². The molecule has 0 aliphatic heterocycles. The number of aryl methyl sites for hydroxylation is 2. The molecule has 3 rings (SSSR count). The van der Waals surface area contributed by atoms with Crippen LogP contribution in [0.2, 0.25) is 0 Å². The van der Waals surface area contributed by atoms with Crippen LogP contribution < -0.4 is 20.7 Å². The highest BCUT2D eigenvalue weighted by Gasteiger charge is 2.23. The van der Waals surface area contributed by atoms with Gasteiger partial charge < -0.3 is 35.1 Å². The number of methoxy groups -OCH3 is 1. The Morgan fingerprint density at radius 2 is 1.77 bits per heavy atom. The van der Waals surface area contributed by atoms with E-state index >= 15 is 0 Å². The quantitative estimate of drug-likeness (QED) is 0.282. The van der Waals surface area contributed by atoms with Crippen LogP contribution in [-0.2, 0) is 33.8 Å². The van der Waals surface area contributed by atoms with Gasteiger partial charge in [0.25, 0.3) is 0 Å². The number of aliphatic carboxylic acids is 1. The molecule has 0 fully saturated rings. The summed E-state index contributed by atoms with van der Waals surface area (Å²) in [5.74, 6) is -0.936. The van der Waals surface area contributed by atoms with E-state index in [0.717, 1.165) is 5.56 Å². The number of carbonyl (C=O) groups is 4. The summed E-state index contributed by atoms with van der Waals surface area (Å²) in [5.41, 5.74) is 3.25. The number of amides is 4. The molecule has 1 unspecified atom stereocenters. The second-order valence-electron chi connectivity index (χ2n) is 9.27. The first-order chi connectivity index (χ1) is 19.0. The van der Waals surface area contributed by atoms with Crippen LogP contribution >= 0.6 is 0 Å². The predicted molar refractivity (Wildman–Crippen MR) is 147 cm³/mol. The number of aromatic nitrogens is 1. The summed E-state index contributed by atoms with van der Waals surface area (Å²) in [4.78, 5) is 53.8. The smallest absolute Gasteiger partial charge is 0.326 e. The lowest BCUT2D eigenvalue weighted by Gasteiger charge is -2.17. The summed E-state index contributed by atoms with van der Waals surface area (Å²) in [6, 6.07) is 10.9. The fourth-order valence-electron chi connectivity index (χ4n) is 3.89. The number of hydrogen-bond donors (Lipinski definition) is 4. The van der Waals surface area contributed by atoms with Crippen molar-refractivity contribution in [1.82, 2.24) is 15.2 Å². The number of rotatable bonds is 11. The highest BCUT2D eigenvalue weighted by molar-refractivity contribution is 6.01. The standard InChI is InChI=1S/C28H33N5O7/c1-16-8-6-7-9-20(16)31-28(38)32-21-11-10-19(12-23(21)39-5)13-26(35)33(4)15-24-17(2)29-25(40-24)14-22(27(36)37)30-18(3)34/h6-12,22H,13-15H2,1-5H3,(H,30,34)(H,36,37)(H2,31,32,38). The number of hydrogen-bond acceptors (Lipinski definition) is 7. The number of benzene rings is 2. The molecule has 12 heteroatoms. The maximum absolute atomic E-state index is 12.9. The Kier molecular flexibility index (Phi) is 9.85. The van der Waals surface area contributed by atoms with Crippen LogP contribution in [-0.4, -0.2) is 59.0 Å². The molecule has 0 saturated heterocycles. The molecule has 1 aromatic heterocycles. The van der Waals surface area contributed by atoms with Crippen LogP contribution in [0.1, 0.15) is 35.4 Å². The third-order valence-electron chi connectivity index (χ3n) is 6.06. The Morgan fingerprint density at radius 1 is 1.07 bits per heavy atom. The molecule has 2 aromatic carbocycles. The van der Waals surface area contributed by atoms with E-state index in [-0.39, 0.29) is 31.2 Å². The number of nitrogens with zero attached hydrogens (tertiary/aromatic N) is 2. The van der Waals surface area contributed by atoms with Crippen molar-refractivity contribution in [3.63, 3.8) is 0 Å². The molecule has 1 atom stereocenters. The molecule has 0 spiro atoms. The molecule has 212 valence electrons. The van der Waals surface area contributed by atoms with Gasteiger partial charge in [-0.15, -0.1) is 0 Å². The van der Waals surface area contributed by atoms with E-state index < -0.39 is 23.9 Å². The molecular weight excluding hydrogens is 518 g/mol. The van der Waals surface area contributed by atoms with E-state index in [1.54, 1.807) is 38.2 Å². The average molecular weight is 552 g/mol. The maximum Gasteiger partial charge on any atom is 0.326 e. The van der Waals surface area contributed by atoms with Gasteiger partial charge in [0.2, 0.25) is 11.8 Å². The van der Waals surface area contributed by atoms with Crippen LogP contribution in [0.25, 0.3) is 0 Å². The van der Waals surface area contributed by atoms with E-state index in [9.17, 15) is 24.3 Å². The minimum Gasteiger partial charge on any atom is -0.495 e. The number of nitrogens with one attached hydrogen (secondary N) is 3. The summed E-state index contributed by atoms with van der Waals surface area (Å²) in [7, 11) is 3.09. The average Bonchev–Trinajstić information content (AvgIpc) is 3.23. The molecule has 1 heterocycles. The zero-order valence-corrected chi connectivity index (χ0v) is 23.0. The van der Waals surface area contributed by atoms with Crippen molar-refractivity contribution in [2.75, 3.05) is 24.8 Å². The van der Waals surface area contributed by atoms with Crippen molar-refractivity contribution >= 4 is 35.2 Å². The number of oxazole rings is 1. The lowest BCUT2D eigenvalue weighted by Crippen LogP contribution is -2.41. The Bertz CT molecular complexity index is 1400. The number of urea groups is 1. The van der Waals surface area contributed by atoms with Crippen molar-refractivity contribution in [2.24, 2.45) is 0 Å². The molecule has 0 aliphatic carbocycles. The van der Waals surface area contributed by atoms with Gasteiger partial charge in [-0.2, -0.15) is 0 Å². The third-order valence-corrected chi connectivity index (χ3v) is 6.06. The second kappa shape index (κ2) is 13.3. The van der Waals surface area contributed by atoms with Crippen LogP contribution in [0.5, 0.6) is 5.75 Å². The topological polar surface area (TPSA) is 163 Å². The van der Waals surface area contributed by atoms with E-state index in [1.807, 2.05) is 25.1 Å². The summed E-state index contributed by atoms with van der Waals surface area (Å²) < 4.78 is 11.1. The van der Waals surface area contributed by atoms with Crippen molar-refractivity contribution in [1.29, 1.82) is 0 Å². The number of carboxylic acid groups (broad SMARTS) is 1. The lowest BCUT2D eigenvalue weighted by atomic mass is 10.1.